The molecule has 1 aliphatic heterocycles. The van der Waals surface area contributed by atoms with Crippen LogP contribution in [0.3, 0.4) is 0 Å². The number of benzene rings is 2. The fraction of sp³-hybridized carbons (Fsp3) is 0.222. The highest BCUT2D eigenvalue weighted by atomic mass is 19.1. The Bertz CT molecular complexity index is 758. The molecule has 1 heterocycles. The van der Waals surface area contributed by atoms with Gasteiger partial charge in [-0.3, -0.25) is 9.59 Å². The van der Waals surface area contributed by atoms with Crippen LogP contribution in [0.2, 0.25) is 0 Å². The van der Waals surface area contributed by atoms with Gasteiger partial charge in [0, 0.05) is 12.2 Å². The van der Waals surface area contributed by atoms with Crippen molar-refractivity contribution < 1.29 is 14.0 Å². The van der Waals surface area contributed by atoms with E-state index in [-0.39, 0.29) is 24.1 Å². The molecule has 2 N–H and O–H groups in total. The summed E-state index contributed by atoms with van der Waals surface area (Å²) in [6.45, 7) is 0.394. The fourth-order valence-corrected chi connectivity index (χ4v) is 2.68. The predicted octanol–water partition coefficient (Wildman–Crippen LogP) is 2.22. The first-order valence-electron chi connectivity index (χ1n) is 7.53. The van der Waals surface area contributed by atoms with Gasteiger partial charge in [0.1, 0.15) is 5.82 Å². The van der Waals surface area contributed by atoms with E-state index >= 15 is 0 Å². The van der Waals surface area contributed by atoms with E-state index in [2.05, 4.69) is 10.6 Å². The van der Waals surface area contributed by atoms with E-state index < -0.39 is 0 Å². The van der Waals surface area contributed by atoms with Crippen LogP contribution in [0.25, 0.3) is 0 Å². The van der Waals surface area contributed by atoms with Crippen molar-refractivity contribution in [3.05, 3.63) is 65.0 Å². The lowest BCUT2D eigenvalue weighted by Gasteiger charge is -2.07. The van der Waals surface area contributed by atoms with Gasteiger partial charge in [0.25, 0.3) is 0 Å². The molecular formula is C18H17FN2O2. The van der Waals surface area contributed by atoms with E-state index in [4.69, 9.17) is 0 Å². The molecule has 0 radical (unpaired) electrons. The lowest BCUT2D eigenvalue weighted by molar-refractivity contribution is -0.120. The zero-order chi connectivity index (χ0) is 16.2. The molecule has 0 atom stereocenters. The van der Waals surface area contributed by atoms with Gasteiger partial charge in [0.15, 0.2) is 0 Å². The predicted molar refractivity (Wildman–Crippen MR) is 85.6 cm³/mol. The van der Waals surface area contributed by atoms with Gasteiger partial charge in [-0.15, -0.1) is 0 Å². The largest absolute Gasteiger partial charge is 0.355 e. The molecule has 0 spiro atoms. The summed E-state index contributed by atoms with van der Waals surface area (Å²) in [7, 11) is 0. The third-order valence-electron chi connectivity index (χ3n) is 3.83. The van der Waals surface area contributed by atoms with Gasteiger partial charge in [-0.2, -0.15) is 0 Å². The molecule has 2 aromatic carbocycles. The maximum absolute atomic E-state index is 13.5. The summed E-state index contributed by atoms with van der Waals surface area (Å²) < 4.78 is 13.5. The molecule has 0 bridgehead atoms. The Kier molecular flexibility index (Phi) is 4.37. The molecule has 0 saturated heterocycles. The number of carbonyl (C=O) groups is 2. The Labute approximate surface area is 133 Å². The highest BCUT2D eigenvalue weighted by Crippen LogP contribution is 2.23. The molecule has 0 aromatic heterocycles. The zero-order valence-corrected chi connectivity index (χ0v) is 12.6. The standard InChI is InChI=1S/C18H17FN2O2/c19-15-4-2-1-3-13(15)7-8-20-17(22)10-12-5-6-16-14(9-12)11-18(23)21-16/h1-6,9H,7-8,10-11H2,(H,20,22)(H,21,23). The quantitative estimate of drug-likeness (QED) is 0.889. The number of carbonyl (C=O) groups excluding carboxylic acids is 2. The van der Waals surface area contributed by atoms with Crippen LogP contribution < -0.4 is 10.6 Å². The maximum atomic E-state index is 13.5. The third kappa shape index (κ3) is 3.74. The summed E-state index contributed by atoms with van der Waals surface area (Å²) >= 11 is 0. The molecule has 5 heteroatoms. The van der Waals surface area contributed by atoms with Crippen molar-refractivity contribution in [3.8, 4) is 0 Å². The number of hydrogen-bond donors (Lipinski definition) is 2. The summed E-state index contributed by atoms with van der Waals surface area (Å²) in [5.74, 6) is -0.386. The third-order valence-corrected chi connectivity index (χ3v) is 3.83. The summed E-state index contributed by atoms with van der Waals surface area (Å²) in [5.41, 5.74) is 3.20. The number of fused-ring (bicyclic) bond motifs is 1. The summed E-state index contributed by atoms with van der Waals surface area (Å²) in [6, 6.07) is 12.1. The minimum absolute atomic E-state index is 0.0218. The monoisotopic (exact) mass is 312 g/mol. The second-order valence-corrected chi connectivity index (χ2v) is 5.58. The van der Waals surface area contributed by atoms with Gasteiger partial charge in [0.05, 0.1) is 12.8 Å². The van der Waals surface area contributed by atoms with Crippen LogP contribution in [0.5, 0.6) is 0 Å². The number of anilines is 1. The lowest BCUT2D eigenvalue weighted by atomic mass is 10.1. The number of halogens is 1. The SMILES string of the molecule is O=C(Cc1ccc2c(c1)CC(=O)N2)NCCc1ccccc1F. The van der Waals surface area contributed by atoms with E-state index in [9.17, 15) is 14.0 Å². The average Bonchev–Trinajstić information content (AvgIpc) is 2.88. The van der Waals surface area contributed by atoms with Crippen LogP contribution in [0.15, 0.2) is 42.5 Å². The molecule has 118 valence electrons. The van der Waals surface area contributed by atoms with Crippen molar-refractivity contribution >= 4 is 17.5 Å². The van der Waals surface area contributed by atoms with E-state index in [0.29, 0.717) is 24.9 Å². The van der Waals surface area contributed by atoms with Crippen LogP contribution in [-0.2, 0) is 28.9 Å². The van der Waals surface area contributed by atoms with E-state index in [0.717, 1.165) is 16.8 Å². The first-order valence-corrected chi connectivity index (χ1v) is 7.53. The van der Waals surface area contributed by atoms with Crippen molar-refractivity contribution in [1.82, 2.24) is 5.32 Å². The summed E-state index contributed by atoms with van der Waals surface area (Å²) in [4.78, 5) is 23.3. The van der Waals surface area contributed by atoms with Gasteiger partial charge < -0.3 is 10.6 Å². The van der Waals surface area contributed by atoms with E-state index in [1.54, 1.807) is 18.2 Å². The maximum Gasteiger partial charge on any atom is 0.228 e. The minimum Gasteiger partial charge on any atom is -0.355 e. The Morgan fingerprint density at radius 1 is 1.22 bits per heavy atom. The molecule has 4 nitrogen and oxygen atoms in total. The topological polar surface area (TPSA) is 58.2 Å². The van der Waals surface area contributed by atoms with Gasteiger partial charge in [-0.05, 0) is 35.2 Å². The molecule has 3 rings (SSSR count). The summed E-state index contributed by atoms with van der Waals surface area (Å²) in [5, 5.41) is 5.56. The Balaban J connectivity index is 1.51. The summed E-state index contributed by atoms with van der Waals surface area (Å²) in [6.07, 6.45) is 1.07. The molecule has 0 saturated carbocycles. The van der Waals surface area contributed by atoms with E-state index in [1.807, 2.05) is 18.2 Å². The van der Waals surface area contributed by atoms with Crippen molar-refractivity contribution in [2.24, 2.45) is 0 Å². The highest BCUT2D eigenvalue weighted by molar-refractivity contribution is 5.99. The molecule has 23 heavy (non-hydrogen) atoms. The minimum atomic E-state index is -0.252. The van der Waals surface area contributed by atoms with Crippen LogP contribution in [-0.4, -0.2) is 18.4 Å². The second kappa shape index (κ2) is 6.60. The van der Waals surface area contributed by atoms with Crippen molar-refractivity contribution in [1.29, 1.82) is 0 Å². The number of nitrogens with one attached hydrogen (secondary N) is 2. The fourth-order valence-electron chi connectivity index (χ4n) is 2.68. The van der Waals surface area contributed by atoms with Crippen LogP contribution in [0.4, 0.5) is 10.1 Å². The van der Waals surface area contributed by atoms with Crippen LogP contribution in [0.1, 0.15) is 16.7 Å². The Morgan fingerprint density at radius 2 is 2.04 bits per heavy atom. The van der Waals surface area contributed by atoms with Crippen LogP contribution >= 0.6 is 0 Å². The average molecular weight is 312 g/mol. The molecule has 0 aliphatic carbocycles. The van der Waals surface area contributed by atoms with Gasteiger partial charge in [-0.25, -0.2) is 4.39 Å². The first kappa shape index (κ1) is 15.2. The molecular weight excluding hydrogens is 295 g/mol. The zero-order valence-electron chi connectivity index (χ0n) is 12.6. The van der Waals surface area contributed by atoms with Gasteiger partial charge in [0.2, 0.25) is 11.8 Å². The Hall–Kier alpha value is -2.69. The van der Waals surface area contributed by atoms with Gasteiger partial charge in [-0.1, -0.05) is 30.3 Å². The number of rotatable bonds is 5. The van der Waals surface area contributed by atoms with Crippen molar-refractivity contribution in [2.75, 3.05) is 11.9 Å². The Morgan fingerprint density at radius 3 is 2.87 bits per heavy atom. The van der Waals surface area contributed by atoms with Crippen LogP contribution in [0, 0.1) is 5.82 Å². The van der Waals surface area contributed by atoms with Crippen molar-refractivity contribution in [3.63, 3.8) is 0 Å². The normalized spacial score (nSPS) is 12.7. The smallest absolute Gasteiger partial charge is 0.228 e. The molecule has 2 aromatic rings. The molecule has 0 unspecified atom stereocenters. The second-order valence-electron chi connectivity index (χ2n) is 5.58. The lowest BCUT2D eigenvalue weighted by Crippen LogP contribution is -2.27. The van der Waals surface area contributed by atoms with E-state index in [1.165, 1.54) is 6.07 Å². The molecule has 2 amide bonds. The van der Waals surface area contributed by atoms with Crippen molar-refractivity contribution in [2.45, 2.75) is 19.3 Å². The number of amides is 2. The number of hydrogen-bond acceptors (Lipinski definition) is 2. The molecule has 1 aliphatic rings. The molecule has 0 fully saturated rings. The highest BCUT2D eigenvalue weighted by Gasteiger charge is 2.17. The van der Waals surface area contributed by atoms with Gasteiger partial charge >= 0.3 is 0 Å². The first-order chi connectivity index (χ1) is 11.1.